The Balaban J connectivity index is 0.000000385. The number of halogens is 2. The van der Waals surface area contributed by atoms with Gasteiger partial charge in [0, 0.05) is 5.02 Å². The largest absolute Gasteiger partial charge is 0.506 e. The average Bonchev–Trinajstić information content (AvgIpc) is 2.25. The Kier molecular flexibility index (Phi) is 9.17. The van der Waals surface area contributed by atoms with Crippen molar-refractivity contribution in [2.75, 3.05) is 0 Å². The van der Waals surface area contributed by atoms with Gasteiger partial charge in [0.15, 0.2) is 6.29 Å². The summed E-state index contributed by atoms with van der Waals surface area (Å²) in [7, 11) is 0. The number of aromatic hydroxyl groups is 1. The van der Waals surface area contributed by atoms with Crippen molar-refractivity contribution in [2.45, 2.75) is 24.2 Å². The van der Waals surface area contributed by atoms with E-state index in [2.05, 4.69) is 6.92 Å². The Morgan fingerprint density at radius 3 is 2.44 bits per heavy atom. The molecule has 0 aromatic heterocycles. The summed E-state index contributed by atoms with van der Waals surface area (Å²) in [6, 6.07) is 2.71. The predicted octanol–water partition coefficient (Wildman–Crippen LogP) is 3.62. The van der Waals surface area contributed by atoms with E-state index in [1.165, 1.54) is 51.9 Å². The molecule has 0 saturated heterocycles. The molecule has 16 heavy (non-hydrogen) atoms. The number of hydrogen-bond acceptors (Lipinski definition) is 2. The van der Waals surface area contributed by atoms with Crippen LogP contribution in [0, 0.1) is 0 Å². The summed E-state index contributed by atoms with van der Waals surface area (Å²) in [6.45, 7) is 2.23. The number of rotatable bonds is 3. The smallest absolute Gasteiger partial charge is 0.153 e. The molecular weight excluding hydrogens is 354 g/mol. The molecule has 0 spiro atoms. The maximum absolute atomic E-state index is 10.3. The summed E-state index contributed by atoms with van der Waals surface area (Å²) >= 11 is 12.5. The Morgan fingerprint density at radius 1 is 1.44 bits per heavy atom. The zero-order valence-corrected chi connectivity index (χ0v) is 13.8. The summed E-state index contributed by atoms with van der Waals surface area (Å²) in [4.78, 5) is 10.3. The maximum Gasteiger partial charge on any atom is 0.153 e. The van der Waals surface area contributed by atoms with Crippen LogP contribution in [0.5, 0.6) is 5.75 Å². The molecule has 2 nitrogen and oxygen atoms in total. The van der Waals surface area contributed by atoms with Crippen LogP contribution >= 0.6 is 23.2 Å². The fraction of sp³-hybridized carbons (Fsp3) is 0.364. The van der Waals surface area contributed by atoms with Gasteiger partial charge in [-0.25, -0.2) is 0 Å². The van der Waals surface area contributed by atoms with E-state index in [4.69, 9.17) is 28.3 Å². The zero-order valence-electron chi connectivity index (χ0n) is 9.04. The standard InChI is InChI=1S/C7H4Cl2O2.C4H9.Sn.H/c8-5-1-4(3-10)7(11)6(9)2-5;1-3-4-2;;/h1-3,11H;1,3-4H2,2H3;;. The van der Waals surface area contributed by atoms with Crippen LogP contribution < -0.4 is 0 Å². The van der Waals surface area contributed by atoms with Gasteiger partial charge in [-0.3, -0.25) is 4.79 Å². The molecule has 1 aromatic rings. The number of phenols is 1. The second-order valence-electron chi connectivity index (χ2n) is 3.09. The van der Waals surface area contributed by atoms with Gasteiger partial charge in [0.05, 0.1) is 10.6 Å². The molecule has 0 aliphatic carbocycles. The molecule has 0 fully saturated rings. The first-order valence-electron chi connectivity index (χ1n) is 4.90. The third-order valence-corrected chi connectivity index (χ3v) is 3.41. The van der Waals surface area contributed by atoms with Crippen molar-refractivity contribution in [3.05, 3.63) is 27.7 Å². The predicted molar refractivity (Wildman–Crippen MR) is 70.4 cm³/mol. The first kappa shape index (κ1) is 16.1. The van der Waals surface area contributed by atoms with Crippen LogP contribution in [0.25, 0.3) is 0 Å². The van der Waals surface area contributed by atoms with Gasteiger partial charge in [-0.2, -0.15) is 0 Å². The van der Waals surface area contributed by atoms with Crippen LogP contribution in [-0.4, -0.2) is 33.9 Å². The number of hydrogen-bond donors (Lipinski definition) is 1. The first-order valence-corrected chi connectivity index (χ1v) is 7.98. The van der Waals surface area contributed by atoms with Crippen LogP contribution in [0.1, 0.15) is 30.1 Å². The van der Waals surface area contributed by atoms with E-state index in [1.807, 2.05) is 0 Å². The van der Waals surface area contributed by atoms with Crippen molar-refractivity contribution in [3.63, 3.8) is 0 Å². The Bertz CT molecular complexity index is 341. The molecule has 0 heterocycles. The number of benzene rings is 1. The van der Waals surface area contributed by atoms with E-state index >= 15 is 0 Å². The van der Waals surface area contributed by atoms with E-state index < -0.39 is 0 Å². The molecule has 0 saturated carbocycles. The summed E-state index contributed by atoms with van der Waals surface area (Å²) in [5, 5.41) is 9.51. The number of carbonyl (C=O) groups is 1. The first-order chi connectivity index (χ1) is 7.56. The molecule has 88 valence electrons. The molecule has 0 unspecified atom stereocenters. The van der Waals surface area contributed by atoms with E-state index in [0.29, 0.717) is 11.3 Å². The van der Waals surface area contributed by atoms with Crippen LogP contribution in [0.3, 0.4) is 0 Å². The molecule has 1 aromatic carbocycles. The molecule has 1 rings (SSSR count). The quantitative estimate of drug-likeness (QED) is 0.654. The van der Waals surface area contributed by atoms with Crippen molar-refractivity contribution in [3.8, 4) is 5.75 Å². The second kappa shape index (κ2) is 9.14. The number of unbranched alkanes of at least 4 members (excludes halogenated alkanes) is 1. The molecule has 0 aliphatic rings. The summed E-state index contributed by atoms with van der Waals surface area (Å²) in [5.41, 5.74) is 0.0995. The molecule has 5 heteroatoms. The van der Waals surface area contributed by atoms with Gasteiger partial charge >= 0.3 is 46.7 Å². The van der Waals surface area contributed by atoms with Crippen molar-refractivity contribution in [1.82, 2.24) is 0 Å². The van der Waals surface area contributed by atoms with Crippen molar-refractivity contribution < 1.29 is 9.90 Å². The van der Waals surface area contributed by atoms with E-state index in [1.54, 1.807) is 0 Å². The van der Waals surface area contributed by atoms with Gasteiger partial charge in [-0.1, -0.05) is 23.2 Å². The third-order valence-electron chi connectivity index (χ3n) is 1.74. The summed E-state index contributed by atoms with van der Waals surface area (Å²) in [5.74, 6) is -0.230. The number of phenolic OH excluding ortho intramolecular Hbond substituents is 1. The second-order valence-corrected chi connectivity index (χ2v) is 5.58. The minimum absolute atomic E-state index is 0.0830. The van der Waals surface area contributed by atoms with Crippen molar-refractivity contribution in [1.29, 1.82) is 0 Å². The molecule has 1 N–H and O–H groups in total. The molecule has 0 aliphatic heterocycles. The van der Waals surface area contributed by atoms with Gasteiger partial charge < -0.3 is 5.11 Å². The van der Waals surface area contributed by atoms with E-state index in [-0.39, 0.29) is 16.3 Å². The Morgan fingerprint density at radius 2 is 2.06 bits per heavy atom. The topological polar surface area (TPSA) is 37.3 Å². The normalized spacial score (nSPS) is 9.25. The third kappa shape index (κ3) is 5.97. The minimum Gasteiger partial charge on any atom is -0.506 e. The van der Waals surface area contributed by atoms with Gasteiger partial charge in [-0.15, -0.1) is 0 Å². The average molecular weight is 368 g/mol. The van der Waals surface area contributed by atoms with E-state index in [9.17, 15) is 4.79 Å². The SMILES string of the molecule is CCC[CH2][SnH].O=Cc1cc(Cl)cc(Cl)c1O. The summed E-state index contributed by atoms with van der Waals surface area (Å²) < 4.78 is 1.47. The van der Waals surface area contributed by atoms with Crippen LogP contribution in [0.15, 0.2) is 12.1 Å². The summed E-state index contributed by atoms with van der Waals surface area (Å²) in [6.07, 6.45) is 3.32. The van der Waals surface area contributed by atoms with Crippen LogP contribution in [0.4, 0.5) is 0 Å². The van der Waals surface area contributed by atoms with Gasteiger partial charge in [0.25, 0.3) is 0 Å². The fourth-order valence-corrected chi connectivity index (χ4v) is 2.55. The van der Waals surface area contributed by atoms with Gasteiger partial charge in [0.2, 0.25) is 0 Å². The van der Waals surface area contributed by atoms with E-state index in [0.717, 1.165) is 0 Å². The van der Waals surface area contributed by atoms with Crippen molar-refractivity contribution >= 4 is 52.0 Å². The molecule has 2 radical (unpaired) electrons. The zero-order chi connectivity index (χ0) is 12.6. The van der Waals surface area contributed by atoms with Crippen molar-refractivity contribution in [2.24, 2.45) is 0 Å². The molecule has 0 atom stereocenters. The van der Waals surface area contributed by atoms with Crippen LogP contribution in [-0.2, 0) is 0 Å². The minimum atomic E-state index is -0.230. The number of carbonyl (C=O) groups excluding carboxylic acids is 1. The Hall–Kier alpha value is 0.0687. The molecule has 0 bridgehead atoms. The maximum atomic E-state index is 10.3. The van der Waals surface area contributed by atoms with Gasteiger partial charge in [-0.05, 0) is 12.1 Å². The Labute approximate surface area is 119 Å². The number of aldehydes is 1. The van der Waals surface area contributed by atoms with Crippen LogP contribution in [0.2, 0.25) is 14.5 Å². The molecule has 0 amide bonds. The fourth-order valence-electron chi connectivity index (χ4n) is 0.880. The van der Waals surface area contributed by atoms with Gasteiger partial charge in [0.1, 0.15) is 5.75 Å². The monoisotopic (exact) mass is 368 g/mol. The molecular formula is C11H14Cl2O2Sn.